The van der Waals surface area contributed by atoms with Crippen LogP contribution in [0.2, 0.25) is 0 Å². The summed E-state index contributed by atoms with van der Waals surface area (Å²) < 4.78 is 2.76. The molecule has 0 saturated carbocycles. The fourth-order valence-electron chi connectivity index (χ4n) is 0.465. The number of hydrogen-bond acceptors (Lipinski definition) is 2. The van der Waals surface area contributed by atoms with Gasteiger partial charge in [-0.1, -0.05) is 26.2 Å². The van der Waals surface area contributed by atoms with Crippen molar-refractivity contribution in [3.8, 4) is 0 Å². The lowest BCUT2D eigenvalue weighted by Crippen LogP contribution is -2.06. The zero-order valence-corrected chi connectivity index (χ0v) is 6.92. The summed E-state index contributed by atoms with van der Waals surface area (Å²) >= 11 is -0.214. The number of halogens is 1. The molecular formula is C5H6BIN2. The molecule has 0 fully saturated rings. The third kappa shape index (κ3) is 1.57. The van der Waals surface area contributed by atoms with Crippen LogP contribution in [0.25, 0.3) is 0 Å². The molecule has 9 heavy (non-hydrogen) atoms. The summed E-state index contributed by atoms with van der Waals surface area (Å²) in [6, 6.07) is 0. The SMILES string of the molecule is [B]C1=CC(N)=C(N)I=C1. The summed E-state index contributed by atoms with van der Waals surface area (Å²) in [6.07, 6.45) is 1.69. The number of rotatable bonds is 0. The van der Waals surface area contributed by atoms with Crippen LogP contribution in [0.15, 0.2) is 20.9 Å². The molecule has 0 saturated heterocycles. The van der Waals surface area contributed by atoms with Gasteiger partial charge in [0.1, 0.15) is 7.85 Å². The van der Waals surface area contributed by atoms with Crippen LogP contribution in [-0.4, -0.2) is 11.9 Å². The van der Waals surface area contributed by atoms with E-state index in [0.717, 1.165) is 9.18 Å². The van der Waals surface area contributed by atoms with Crippen LogP contribution in [0, 0.1) is 0 Å². The van der Waals surface area contributed by atoms with Crippen LogP contribution in [0.1, 0.15) is 0 Å². The molecule has 4 heteroatoms. The summed E-state index contributed by atoms with van der Waals surface area (Å²) in [6.45, 7) is 0. The summed E-state index contributed by atoms with van der Waals surface area (Å²) in [4.78, 5) is 0. The molecule has 0 unspecified atom stereocenters. The molecular weight excluding hydrogens is 226 g/mol. The fraction of sp³-hybridized carbons (Fsp3) is 0. The van der Waals surface area contributed by atoms with Gasteiger partial charge in [-0.05, 0) is 10.1 Å². The maximum atomic E-state index is 5.51. The molecule has 1 rings (SSSR count). The van der Waals surface area contributed by atoms with Crippen LogP contribution in [0.4, 0.5) is 0 Å². The van der Waals surface area contributed by atoms with Crippen molar-refractivity contribution in [1.82, 2.24) is 0 Å². The minimum absolute atomic E-state index is 0.214. The zero-order chi connectivity index (χ0) is 6.85. The maximum absolute atomic E-state index is 5.51. The maximum Gasteiger partial charge on any atom is 0.114 e. The van der Waals surface area contributed by atoms with E-state index >= 15 is 0 Å². The molecule has 46 valence electrons. The van der Waals surface area contributed by atoms with Gasteiger partial charge in [-0.15, -0.1) is 0 Å². The molecule has 0 aromatic heterocycles. The van der Waals surface area contributed by atoms with Crippen molar-refractivity contribution in [2.24, 2.45) is 11.5 Å². The molecule has 1 heterocycles. The zero-order valence-electron chi connectivity index (χ0n) is 4.76. The Morgan fingerprint density at radius 2 is 2.11 bits per heavy atom. The van der Waals surface area contributed by atoms with Crippen molar-refractivity contribution in [2.45, 2.75) is 0 Å². The second kappa shape index (κ2) is 2.55. The van der Waals surface area contributed by atoms with E-state index < -0.39 is 0 Å². The van der Waals surface area contributed by atoms with Crippen molar-refractivity contribution in [2.75, 3.05) is 0 Å². The fourth-order valence-corrected chi connectivity index (χ4v) is 1.85. The highest BCUT2D eigenvalue weighted by Crippen LogP contribution is 2.16. The Balaban J connectivity index is 3.01. The highest BCUT2D eigenvalue weighted by atomic mass is 127. The van der Waals surface area contributed by atoms with Crippen LogP contribution in [-0.2, 0) is 0 Å². The smallest absolute Gasteiger partial charge is 0.114 e. The van der Waals surface area contributed by atoms with Gasteiger partial charge in [0.15, 0.2) is 0 Å². The normalized spacial score (nSPS) is 18.9. The van der Waals surface area contributed by atoms with E-state index in [4.69, 9.17) is 19.3 Å². The third-order valence-electron chi connectivity index (χ3n) is 0.896. The first-order valence-corrected chi connectivity index (χ1v) is 4.71. The second-order valence-corrected chi connectivity index (χ2v) is 4.07. The van der Waals surface area contributed by atoms with Gasteiger partial charge in [0.2, 0.25) is 0 Å². The first-order chi connectivity index (χ1) is 4.20. The first-order valence-electron chi connectivity index (χ1n) is 2.39. The Bertz CT molecular complexity index is 217. The van der Waals surface area contributed by atoms with Crippen molar-refractivity contribution < 1.29 is 0 Å². The van der Waals surface area contributed by atoms with E-state index in [1.54, 1.807) is 6.08 Å². The van der Waals surface area contributed by atoms with Gasteiger partial charge in [0.05, 0.1) is 9.40 Å². The van der Waals surface area contributed by atoms with E-state index in [9.17, 15) is 0 Å². The lowest BCUT2D eigenvalue weighted by molar-refractivity contribution is 1.36. The van der Waals surface area contributed by atoms with Gasteiger partial charge in [-0.3, -0.25) is 0 Å². The standard InChI is InChI=1S/C5H6BIN2/c6-3-1-4(8)5(9)7-2-3/h1-2H,8-9H2. The van der Waals surface area contributed by atoms with Crippen molar-refractivity contribution in [3.63, 3.8) is 0 Å². The molecule has 0 spiro atoms. The molecule has 0 aromatic carbocycles. The largest absolute Gasteiger partial charge is 0.397 e. The highest BCUT2D eigenvalue weighted by Gasteiger charge is 1.97. The van der Waals surface area contributed by atoms with Gasteiger partial charge in [-0.2, -0.15) is 0 Å². The molecule has 0 bridgehead atoms. The molecule has 0 aromatic rings. The quantitative estimate of drug-likeness (QED) is 0.348. The van der Waals surface area contributed by atoms with Gasteiger partial charge < -0.3 is 11.5 Å². The monoisotopic (exact) mass is 232 g/mol. The Kier molecular flexibility index (Phi) is 1.95. The number of nitrogens with two attached hydrogens (primary N) is 2. The molecule has 4 N–H and O–H groups in total. The van der Waals surface area contributed by atoms with Crippen molar-refractivity contribution >= 4 is 32.6 Å². The lowest BCUT2D eigenvalue weighted by Gasteiger charge is -2.03. The third-order valence-corrected chi connectivity index (χ3v) is 3.22. The van der Waals surface area contributed by atoms with Gasteiger partial charge in [0, 0.05) is 0 Å². The molecule has 0 amide bonds. The van der Waals surface area contributed by atoms with Gasteiger partial charge in [0.25, 0.3) is 0 Å². The molecule has 0 atom stereocenters. The molecule has 1 aliphatic rings. The predicted molar refractivity (Wildman–Crippen MR) is 49.3 cm³/mol. The average molecular weight is 232 g/mol. The van der Waals surface area contributed by atoms with Crippen molar-refractivity contribution in [3.05, 3.63) is 20.9 Å². The highest BCUT2D eigenvalue weighted by molar-refractivity contribution is 14.2. The molecule has 2 nitrogen and oxygen atoms in total. The van der Waals surface area contributed by atoms with Crippen LogP contribution >= 0.6 is 20.7 Å². The van der Waals surface area contributed by atoms with E-state index in [0.29, 0.717) is 5.70 Å². The summed E-state index contributed by atoms with van der Waals surface area (Å²) in [5.74, 6) is 0. The van der Waals surface area contributed by atoms with E-state index in [1.807, 2.05) is 4.01 Å². The second-order valence-electron chi connectivity index (χ2n) is 1.67. The predicted octanol–water partition coefficient (Wildman–Crippen LogP) is -0.0882. The molecule has 0 aliphatic carbocycles. The summed E-state index contributed by atoms with van der Waals surface area (Å²) in [5.41, 5.74) is 12.4. The van der Waals surface area contributed by atoms with Crippen LogP contribution in [0.5, 0.6) is 0 Å². The Morgan fingerprint density at radius 3 is 2.56 bits per heavy atom. The summed E-state index contributed by atoms with van der Waals surface area (Å²) in [5, 5.41) is 0. The van der Waals surface area contributed by atoms with Gasteiger partial charge in [-0.25, -0.2) is 0 Å². The van der Waals surface area contributed by atoms with E-state index in [-0.39, 0.29) is 20.7 Å². The average Bonchev–Trinajstić information content (AvgIpc) is 1.80. The number of hydrogen-bond donors (Lipinski definition) is 2. The number of allylic oxidation sites excluding steroid dienone is 2. The molecule has 2 radical (unpaired) electrons. The lowest BCUT2D eigenvalue weighted by atomic mass is 9.97. The molecule has 1 aliphatic heterocycles. The van der Waals surface area contributed by atoms with Gasteiger partial charge >= 0.3 is 0 Å². The van der Waals surface area contributed by atoms with Crippen molar-refractivity contribution in [1.29, 1.82) is 0 Å². The minimum Gasteiger partial charge on any atom is -0.397 e. The Hall–Kier alpha value is -0.255. The minimum atomic E-state index is -0.214. The Labute approximate surface area is 65.1 Å². The first kappa shape index (κ1) is 6.86. The summed E-state index contributed by atoms with van der Waals surface area (Å²) in [7, 11) is 5.45. The van der Waals surface area contributed by atoms with E-state index in [1.165, 1.54) is 0 Å². The van der Waals surface area contributed by atoms with E-state index in [2.05, 4.69) is 0 Å². The Morgan fingerprint density at radius 1 is 1.44 bits per heavy atom. The van der Waals surface area contributed by atoms with Crippen LogP contribution in [0.3, 0.4) is 0 Å². The van der Waals surface area contributed by atoms with Crippen LogP contribution < -0.4 is 11.5 Å². The topological polar surface area (TPSA) is 52.0 Å².